The minimum atomic E-state index is -1.08. The van der Waals surface area contributed by atoms with Gasteiger partial charge in [-0.3, -0.25) is 0 Å². The van der Waals surface area contributed by atoms with Crippen LogP contribution in [-0.2, 0) is 9.59 Å². The molecule has 0 atom stereocenters. The normalized spacial score (nSPS) is 9.24. The van der Waals surface area contributed by atoms with Gasteiger partial charge in [0.15, 0.2) is 0 Å². The summed E-state index contributed by atoms with van der Waals surface area (Å²) in [6.45, 7) is 3.21. The maximum absolute atomic E-state index is 10.1. The van der Waals surface area contributed by atoms with E-state index in [0.717, 1.165) is 19.8 Å². The molecule has 0 fully saturated rings. The summed E-state index contributed by atoms with van der Waals surface area (Å²) >= 11 is 0. The van der Waals surface area contributed by atoms with Gasteiger partial charge in [0.25, 0.3) is 0 Å². The Hall–Kier alpha value is -0.190. The average molecular weight is 401 g/mol. The van der Waals surface area contributed by atoms with Crippen LogP contribution in [-0.4, -0.2) is 37.8 Å². The van der Waals surface area contributed by atoms with Crippen LogP contribution >= 0.6 is 0 Å². The molecule has 0 bridgehead atoms. The maximum Gasteiger partial charge on any atom is 0.0414 e. The predicted molar refractivity (Wildman–Crippen MR) is 82.5 cm³/mol. The molecule has 0 aliphatic rings. The van der Waals surface area contributed by atoms with Gasteiger partial charge in [-0.1, -0.05) is 71.1 Å². The number of aliphatic carboxylic acids is 2. The van der Waals surface area contributed by atoms with Crippen molar-refractivity contribution in [2.24, 2.45) is 0 Å². The molecule has 123 valence electrons. The monoisotopic (exact) mass is 401 g/mol. The van der Waals surface area contributed by atoms with Crippen molar-refractivity contribution in [2.75, 3.05) is 0 Å². The van der Waals surface area contributed by atoms with Crippen molar-refractivity contribution in [3.05, 3.63) is 0 Å². The number of unbranched alkanes of at least 4 members (excludes halogenated alkanes) is 10. The van der Waals surface area contributed by atoms with Gasteiger partial charge in [-0.25, -0.2) is 0 Å². The smallest absolute Gasteiger partial charge is 0.0414 e. The Labute approximate surface area is 148 Å². The Morgan fingerprint density at radius 1 is 0.714 bits per heavy atom. The fourth-order valence-corrected chi connectivity index (χ4v) is 1.93. The number of carboxylic acid groups (broad SMARTS) is 2. The summed E-state index contributed by atoms with van der Waals surface area (Å²) in [5.74, 6) is -1.99. The van der Waals surface area contributed by atoms with E-state index in [1.807, 2.05) is 0 Å². The first-order valence-electron chi connectivity index (χ1n) is 7.88. The van der Waals surface area contributed by atoms with Gasteiger partial charge in [0.2, 0.25) is 0 Å². The van der Waals surface area contributed by atoms with E-state index in [2.05, 4.69) is 6.92 Å². The summed E-state index contributed by atoms with van der Waals surface area (Å²) in [4.78, 5) is 19.0. The first kappa shape index (κ1) is 25.7. The molecule has 0 aromatic rings. The molecule has 0 amide bonds. The zero-order chi connectivity index (χ0) is 15.6. The molecule has 0 saturated heterocycles. The number of carbonyl (C=O) groups excluding carboxylic acids is 2. The minimum absolute atomic E-state index is 0. The number of carboxylic acids is 2. The summed E-state index contributed by atoms with van der Waals surface area (Å²) in [5, 5.41) is 19.0. The molecule has 0 unspecified atom stereocenters. The van der Waals surface area contributed by atoms with Gasteiger partial charge >= 0.3 is 0 Å². The molecule has 0 saturated carbocycles. The molecule has 4 nitrogen and oxygen atoms in total. The van der Waals surface area contributed by atoms with Gasteiger partial charge < -0.3 is 19.8 Å². The minimum Gasteiger partial charge on any atom is -0.550 e. The SMILES string of the molecule is CC(=O)[O-].CCCCCCCCCCCCCC(=O)[O-].[In]. The largest absolute Gasteiger partial charge is 0.550 e. The van der Waals surface area contributed by atoms with Crippen molar-refractivity contribution in [1.29, 1.82) is 0 Å². The van der Waals surface area contributed by atoms with Crippen molar-refractivity contribution < 1.29 is 19.8 Å². The Morgan fingerprint density at radius 2 is 1.00 bits per heavy atom. The van der Waals surface area contributed by atoms with Gasteiger partial charge in [-0.15, -0.1) is 0 Å². The summed E-state index contributed by atoms with van der Waals surface area (Å²) in [5.41, 5.74) is 0. The first-order valence-corrected chi connectivity index (χ1v) is 7.88. The number of carbonyl (C=O) groups is 2. The van der Waals surface area contributed by atoms with Gasteiger partial charge in [-0.2, -0.15) is 0 Å². The molecule has 0 aliphatic heterocycles. The number of rotatable bonds is 12. The standard InChI is InChI=1S/C14H28O2.C2H4O2.In/c1-2-3-4-5-6-7-8-9-10-11-12-13-14(15)16;1-2(3)4;/h2-13H2,1H3,(H,15,16);1H3,(H,3,4);/p-2. The van der Waals surface area contributed by atoms with E-state index in [1.165, 1.54) is 57.8 Å². The second-order valence-electron chi connectivity index (χ2n) is 5.15. The molecule has 0 N–H and O–H groups in total. The molecule has 0 rings (SSSR count). The van der Waals surface area contributed by atoms with Crippen LogP contribution in [0.4, 0.5) is 0 Å². The third-order valence-corrected chi connectivity index (χ3v) is 2.98. The van der Waals surface area contributed by atoms with Crippen LogP contribution in [0.2, 0.25) is 0 Å². The zero-order valence-corrected chi connectivity index (χ0v) is 17.0. The van der Waals surface area contributed by atoms with E-state index in [9.17, 15) is 9.90 Å². The molecule has 0 aliphatic carbocycles. The van der Waals surface area contributed by atoms with Gasteiger partial charge in [0.1, 0.15) is 0 Å². The fraction of sp³-hybridized carbons (Fsp3) is 0.875. The van der Waals surface area contributed by atoms with E-state index in [4.69, 9.17) is 9.90 Å². The van der Waals surface area contributed by atoms with Crippen molar-refractivity contribution in [2.45, 2.75) is 90.9 Å². The van der Waals surface area contributed by atoms with Crippen molar-refractivity contribution in [1.82, 2.24) is 0 Å². The first-order chi connectivity index (χ1) is 9.50. The Morgan fingerprint density at radius 3 is 1.29 bits per heavy atom. The molecular formula is C16H30InO4-2. The second-order valence-corrected chi connectivity index (χ2v) is 5.15. The van der Waals surface area contributed by atoms with Crippen LogP contribution < -0.4 is 10.2 Å². The van der Waals surface area contributed by atoms with Gasteiger partial charge in [0.05, 0.1) is 0 Å². The van der Waals surface area contributed by atoms with Crippen LogP contribution in [0, 0.1) is 0 Å². The molecule has 0 aromatic heterocycles. The van der Waals surface area contributed by atoms with Crippen molar-refractivity contribution >= 4 is 37.8 Å². The molecule has 0 heterocycles. The Bertz CT molecular complexity index is 228. The molecule has 21 heavy (non-hydrogen) atoms. The van der Waals surface area contributed by atoms with E-state index in [0.29, 0.717) is 0 Å². The number of hydrogen-bond acceptors (Lipinski definition) is 4. The third-order valence-electron chi connectivity index (χ3n) is 2.98. The van der Waals surface area contributed by atoms with E-state index in [1.54, 1.807) is 0 Å². The van der Waals surface area contributed by atoms with Gasteiger partial charge in [0, 0.05) is 37.8 Å². The van der Waals surface area contributed by atoms with E-state index in [-0.39, 0.29) is 32.3 Å². The summed E-state index contributed by atoms with van der Waals surface area (Å²) in [6.07, 6.45) is 14.0. The fourth-order valence-electron chi connectivity index (χ4n) is 1.93. The third kappa shape index (κ3) is 38.3. The topological polar surface area (TPSA) is 80.3 Å². The van der Waals surface area contributed by atoms with Gasteiger partial charge in [-0.05, 0) is 19.8 Å². The quantitative estimate of drug-likeness (QED) is 0.468. The summed E-state index contributed by atoms with van der Waals surface area (Å²) < 4.78 is 0. The van der Waals surface area contributed by atoms with Crippen LogP contribution in [0.25, 0.3) is 0 Å². The van der Waals surface area contributed by atoms with Crippen LogP contribution in [0.3, 0.4) is 0 Å². The van der Waals surface area contributed by atoms with Crippen LogP contribution in [0.15, 0.2) is 0 Å². The molecule has 3 radical (unpaired) electrons. The summed E-state index contributed by atoms with van der Waals surface area (Å²) in [6, 6.07) is 0. The Balaban J connectivity index is -0.000000572. The number of hydrogen-bond donors (Lipinski definition) is 0. The molecule has 0 spiro atoms. The molecular weight excluding hydrogens is 371 g/mol. The second kappa shape index (κ2) is 22.1. The Kier molecular flexibility index (Phi) is 27.1. The van der Waals surface area contributed by atoms with Crippen molar-refractivity contribution in [3.63, 3.8) is 0 Å². The van der Waals surface area contributed by atoms with E-state index < -0.39 is 11.9 Å². The van der Waals surface area contributed by atoms with Crippen LogP contribution in [0.5, 0.6) is 0 Å². The summed E-state index contributed by atoms with van der Waals surface area (Å²) in [7, 11) is 0. The predicted octanol–water partition coefficient (Wildman–Crippen LogP) is 1.81. The average Bonchev–Trinajstić information content (AvgIpc) is 2.35. The van der Waals surface area contributed by atoms with Crippen molar-refractivity contribution in [3.8, 4) is 0 Å². The zero-order valence-electron chi connectivity index (χ0n) is 13.7. The van der Waals surface area contributed by atoms with E-state index >= 15 is 0 Å². The maximum atomic E-state index is 10.1. The molecule has 0 aromatic carbocycles. The molecule has 5 heteroatoms. The van der Waals surface area contributed by atoms with Crippen LogP contribution in [0.1, 0.15) is 90.9 Å².